The third-order valence-corrected chi connectivity index (χ3v) is 5.09. The number of carbonyl (C=O) groups is 2. The van der Waals surface area contributed by atoms with Gasteiger partial charge in [0.2, 0.25) is 5.75 Å². The normalized spacial score (nSPS) is 18.0. The Kier molecular flexibility index (Phi) is 6.73. The first-order chi connectivity index (χ1) is 15.1. The summed E-state index contributed by atoms with van der Waals surface area (Å²) in [6.45, 7) is 5.96. The van der Waals surface area contributed by atoms with Crippen molar-refractivity contribution in [2.45, 2.75) is 45.8 Å². The Hall–Kier alpha value is -3.14. The van der Waals surface area contributed by atoms with Crippen molar-refractivity contribution >= 4 is 12.1 Å². The number of esters is 1. The van der Waals surface area contributed by atoms with Crippen molar-refractivity contribution in [1.82, 2.24) is 9.80 Å². The van der Waals surface area contributed by atoms with Gasteiger partial charge in [0.25, 0.3) is 0 Å². The molecule has 10 nitrogen and oxygen atoms in total. The highest BCUT2D eigenvalue weighted by Gasteiger charge is 2.39. The van der Waals surface area contributed by atoms with Gasteiger partial charge in [-0.2, -0.15) is 0 Å². The number of methoxy groups -OCH3 is 4. The van der Waals surface area contributed by atoms with Crippen molar-refractivity contribution in [2.24, 2.45) is 0 Å². The average Bonchev–Trinajstić information content (AvgIpc) is 2.93. The smallest absolute Gasteiger partial charge is 0.415 e. The third kappa shape index (κ3) is 4.55. The van der Waals surface area contributed by atoms with Crippen molar-refractivity contribution in [2.75, 3.05) is 35.0 Å². The van der Waals surface area contributed by atoms with Crippen LogP contribution in [0.1, 0.15) is 31.9 Å². The third-order valence-electron chi connectivity index (χ3n) is 5.09. The van der Waals surface area contributed by atoms with Crippen molar-refractivity contribution in [1.29, 1.82) is 0 Å². The zero-order valence-corrected chi connectivity index (χ0v) is 19.5. The minimum atomic E-state index is -0.726. The van der Waals surface area contributed by atoms with Crippen LogP contribution in [0.4, 0.5) is 4.79 Å². The Labute approximate surface area is 187 Å². The van der Waals surface area contributed by atoms with E-state index in [0.29, 0.717) is 23.8 Å². The quantitative estimate of drug-likeness (QED) is 0.642. The van der Waals surface area contributed by atoms with Gasteiger partial charge in [0.1, 0.15) is 17.5 Å². The summed E-state index contributed by atoms with van der Waals surface area (Å²) in [7, 11) is 5.90. The highest BCUT2D eigenvalue weighted by Crippen LogP contribution is 2.44. The van der Waals surface area contributed by atoms with Crippen LogP contribution in [0.15, 0.2) is 18.0 Å². The molecule has 32 heavy (non-hydrogen) atoms. The maximum absolute atomic E-state index is 12.8. The molecule has 0 spiro atoms. The Morgan fingerprint density at radius 2 is 1.75 bits per heavy atom. The summed E-state index contributed by atoms with van der Waals surface area (Å²) in [6.07, 6.45) is 0.375. The summed E-state index contributed by atoms with van der Waals surface area (Å²) in [4.78, 5) is 28.4. The first-order valence-electron chi connectivity index (χ1n) is 10.1. The predicted molar refractivity (Wildman–Crippen MR) is 113 cm³/mol. The molecular formula is C22H30N2O8. The molecule has 0 saturated heterocycles. The second-order valence-electron chi connectivity index (χ2n) is 8.32. The first-order valence-corrected chi connectivity index (χ1v) is 10.1. The molecule has 176 valence electrons. The molecule has 2 aliphatic heterocycles. The van der Waals surface area contributed by atoms with Gasteiger partial charge in [-0.25, -0.2) is 9.59 Å². The zero-order chi connectivity index (χ0) is 23.6. The lowest BCUT2D eigenvalue weighted by atomic mass is 10.0. The van der Waals surface area contributed by atoms with Crippen LogP contribution in [0.25, 0.3) is 0 Å². The van der Waals surface area contributed by atoms with Gasteiger partial charge in [-0.1, -0.05) is 0 Å². The minimum absolute atomic E-state index is 0.0597. The molecule has 0 aliphatic carbocycles. The average molecular weight is 450 g/mol. The van der Waals surface area contributed by atoms with E-state index in [9.17, 15) is 9.59 Å². The van der Waals surface area contributed by atoms with Crippen LogP contribution in [-0.4, -0.2) is 68.7 Å². The lowest BCUT2D eigenvalue weighted by Gasteiger charge is -2.39. The molecular weight excluding hydrogens is 420 g/mol. The fourth-order valence-electron chi connectivity index (χ4n) is 3.66. The number of benzene rings is 1. The summed E-state index contributed by atoms with van der Waals surface area (Å²) in [5, 5.41) is 0. The molecule has 10 heteroatoms. The number of hydrogen-bond donors (Lipinski definition) is 0. The van der Waals surface area contributed by atoms with E-state index in [-0.39, 0.29) is 18.8 Å². The van der Waals surface area contributed by atoms with Crippen molar-refractivity contribution in [3.05, 3.63) is 29.1 Å². The van der Waals surface area contributed by atoms with Gasteiger partial charge in [-0.05, 0) is 32.4 Å². The predicted octanol–water partition coefficient (Wildman–Crippen LogP) is 2.64. The maximum Gasteiger partial charge on any atom is 0.415 e. The van der Waals surface area contributed by atoms with Crippen LogP contribution < -0.4 is 14.2 Å². The van der Waals surface area contributed by atoms with E-state index in [2.05, 4.69) is 0 Å². The zero-order valence-electron chi connectivity index (χ0n) is 19.5. The van der Waals surface area contributed by atoms with Crippen LogP contribution in [0.3, 0.4) is 0 Å². The van der Waals surface area contributed by atoms with Gasteiger partial charge in [0, 0.05) is 18.3 Å². The molecule has 1 atom stereocenters. The van der Waals surface area contributed by atoms with Gasteiger partial charge in [0.05, 0.1) is 41.6 Å². The fraction of sp³-hybridized carbons (Fsp3) is 0.545. The van der Waals surface area contributed by atoms with Gasteiger partial charge >= 0.3 is 12.1 Å². The Morgan fingerprint density at radius 1 is 1.06 bits per heavy atom. The van der Waals surface area contributed by atoms with Crippen LogP contribution in [0.5, 0.6) is 17.2 Å². The molecule has 0 bridgehead atoms. The van der Waals surface area contributed by atoms with Crippen molar-refractivity contribution in [3.8, 4) is 17.2 Å². The van der Waals surface area contributed by atoms with Crippen LogP contribution in [0.2, 0.25) is 0 Å². The summed E-state index contributed by atoms with van der Waals surface area (Å²) in [5.74, 6) is 0.858. The molecule has 0 fully saturated rings. The lowest BCUT2D eigenvalue weighted by molar-refractivity contribution is -0.140. The summed E-state index contributed by atoms with van der Waals surface area (Å²) >= 11 is 0. The van der Waals surface area contributed by atoms with E-state index in [1.165, 1.54) is 19.1 Å². The second kappa shape index (κ2) is 9.15. The van der Waals surface area contributed by atoms with E-state index < -0.39 is 23.9 Å². The molecule has 1 unspecified atom stereocenters. The van der Waals surface area contributed by atoms with Gasteiger partial charge in [-0.15, -0.1) is 0 Å². The minimum Gasteiger partial charge on any atom is -0.493 e. The summed E-state index contributed by atoms with van der Waals surface area (Å²) in [6, 6.07) is 1.84. The van der Waals surface area contributed by atoms with Crippen molar-refractivity contribution < 1.29 is 38.0 Å². The van der Waals surface area contributed by atoms with Gasteiger partial charge in [-0.3, -0.25) is 4.90 Å². The molecule has 2 aliphatic rings. The second-order valence-corrected chi connectivity index (χ2v) is 8.32. The largest absolute Gasteiger partial charge is 0.493 e. The molecule has 1 amide bonds. The molecule has 1 aromatic rings. The monoisotopic (exact) mass is 450 g/mol. The Morgan fingerprint density at radius 3 is 2.31 bits per heavy atom. The van der Waals surface area contributed by atoms with E-state index in [4.69, 9.17) is 28.4 Å². The number of amides is 1. The standard InChI is InChI=1S/C22H30N2O8/c1-22(2,3)32-21(26)24-11-17-23(10-15(24)20(25)30-7)9-14-13(12-31-17)8-16(27-4)19(29-6)18(14)28-5/h8,10,17H,9,11-12H2,1-7H3. The van der Waals surface area contributed by atoms with E-state index in [1.54, 1.807) is 41.2 Å². The number of carbonyl (C=O) groups excluding carboxylic acids is 2. The maximum atomic E-state index is 12.8. The molecule has 3 rings (SSSR count). The van der Waals surface area contributed by atoms with Crippen molar-refractivity contribution in [3.63, 3.8) is 0 Å². The summed E-state index contributed by atoms with van der Waals surface area (Å²) < 4.78 is 33.1. The number of rotatable bonds is 4. The van der Waals surface area contributed by atoms with E-state index in [1.807, 2.05) is 11.0 Å². The lowest BCUT2D eigenvalue weighted by Crippen LogP contribution is -2.51. The van der Waals surface area contributed by atoms with Gasteiger partial charge in [0.15, 0.2) is 11.5 Å². The Bertz CT molecular complexity index is 921. The van der Waals surface area contributed by atoms with E-state index in [0.717, 1.165) is 11.1 Å². The first kappa shape index (κ1) is 23.5. The molecule has 0 radical (unpaired) electrons. The number of fused-ring (bicyclic) bond motifs is 2. The van der Waals surface area contributed by atoms with Crippen LogP contribution in [0, 0.1) is 0 Å². The highest BCUT2D eigenvalue weighted by molar-refractivity contribution is 5.92. The number of hydrogen-bond acceptors (Lipinski definition) is 9. The summed E-state index contributed by atoms with van der Waals surface area (Å²) in [5.41, 5.74) is 1.02. The fourth-order valence-corrected chi connectivity index (χ4v) is 3.66. The molecule has 0 saturated carbocycles. The molecule has 0 N–H and O–H groups in total. The number of ether oxygens (including phenoxy) is 6. The Balaban J connectivity index is 2.03. The molecule has 1 aromatic carbocycles. The van der Waals surface area contributed by atoms with Crippen LogP contribution in [-0.2, 0) is 32.2 Å². The van der Waals surface area contributed by atoms with Crippen LogP contribution >= 0.6 is 0 Å². The molecule has 0 aromatic heterocycles. The SMILES string of the molecule is COC(=O)C1=CN2Cc3c(cc(OC)c(OC)c3OC)COC2CN1C(=O)OC(C)(C)C. The number of nitrogens with zero attached hydrogens (tertiary/aromatic N) is 2. The van der Waals surface area contributed by atoms with Gasteiger partial charge < -0.3 is 33.3 Å². The molecule has 2 heterocycles. The topological polar surface area (TPSA) is 96.0 Å². The van der Waals surface area contributed by atoms with E-state index >= 15 is 0 Å². The highest BCUT2D eigenvalue weighted by atomic mass is 16.6.